The molecule has 0 saturated carbocycles. The lowest BCUT2D eigenvalue weighted by Crippen LogP contribution is -2.45. The molecule has 0 aliphatic rings. The average molecular weight is 477 g/mol. The first kappa shape index (κ1) is 24.0. The fraction of sp³-hybridized carbons (Fsp3) is 0.733. The van der Waals surface area contributed by atoms with Gasteiger partial charge in [0.2, 0.25) is 0 Å². The SMILES string of the molecule is CN=C(NCc1cn(C)nc1C(F)(F)F)NCC(OC)C(C)(C)C.I. The van der Waals surface area contributed by atoms with Gasteiger partial charge in [0.05, 0.1) is 6.10 Å². The molecule has 0 radical (unpaired) electrons. The van der Waals surface area contributed by atoms with Crippen LogP contribution >= 0.6 is 24.0 Å². The van der Waals surface area contributed by atoms with Crippen LogP contribution in [0, 0.1) is 5.41 Å². The molecule has 1 atom stereocenters. The third-order valence-corrected chi connectivity index (χ3v) is 3.55. The summed E-state index contributed by atoms with van der Waals surface area (Å²) in [7, 11) is 4.64. The number of aromatic nitrogens is 2. The van der Waals surface area contributed by atoms with Crippen LogP contribution in [0.3, 0.4) is 0 Å². The van der Waals surface area contributed by atoms with Gasteiger partial charge in [-0.25, -0.2) is 0 Å². The topological polar surface area (TPSA) is 63.5 Å². The molecule has 25 heavy (non-hydrogen) atoms. The molecule has 0 aromatic carbocycles. The molecule has 0 fully saturated rings. The molecular formula is C15H27F3IN5O. The lowest BCUT2D eigenvalue weighted by molar-refractivity contribution is -0.142. The minimum Gasteiger partial charge on any atom is -0.379 e. The van der Waals surface area contributed by atoms with E-state index in [0.717, 1.165) is 4.68 Å². The van der Waals surface area contributed by atoms with Crippen LogP contribution in [-0.2, 0) is 24.5 Å². The summed E-state index contributed by atoms with van der Waals surface area (Å²) in [5.41, 5.74) is -0.905. The highest BCUT2D eigenvalue weighted by atomic mass is 127. The van der Waals surface area contributed by atoms with Crippen molar-refractivity contribution in [2.75, 3.05) is 20.7 Å². The zero-order valence-corrected chi connectivity index (χ0v) is 17.7. The van der Waals surface area contributed by atoms with Crippen LogP contribution in [0.5, 0.6) is 0 Å². The summed E-state index contributed by atoms with van der Waals surface area (Å²) < 4.78 is 45.4. The molecule has 146 valence electrons. The third-order valence-electron chi connectivity index (χ3n) is 3.55. The Morgan fingerprint density at radius 3 is 2.36 bits per heavy atom. The second-order valence-electron chi connectivity index (χ2n) is 6.57. The Morgan fingerprint density at radius 1 is 1.32 bits per heavy atom. The van der Waals surface area contributed by atoms with Gasteiger partial charge in [-0.1, -0.05) is 20.8 Å². The summed E-state index contributed by atoms with van der Waals surface area (Å²) in [6, 6.07) is 0. The van der Waals surface area contributed by atoms with Crippen molar-refractivity contribution in [2.24, 2.45) is 17.5 Å². The molecule has 0 bridgehead atoms. The van der Waals surface area contributed by atoms with E-state index < -0.39 is 11.9 Å². The molecular weight excluding hydrogens is 450 g/mol. The van der Waals surface area contributed by atoms with E-state index in [4.69, 9.17) is 4.74 Å². The van der Waals surface area contributed by atoms with Gasteiger partial charge >= 0.3 is 6.18 Å². The monoisotopic (exact) mass is 477 g/mol. The van der Waals surface area contributed by atoms with Gasteiger partial charge in [-0.2, -0.15) is 18.3 Å². The highest BCUT2D eigenvalue weighted by molar-refractivity contribution is 14.0. The van der Waals surface area contributed by atoms with Gasteiger partial charge in [0, 0.05) is 46.1 Å². The van der Waals surface area contributed by atoms with E-state index in [1.165, 1.54) is 13.2 Å². The predicted molar refractivity (Wildman–Crippen MR) is 102 cm³/mol. The minimum atomic E-state index is -4.48. The number of aryl methyl sites for hydroxylation is 1. The van der Waals surface area contributed by atoms with Crippen LogP contribution in [0.15, 0.2) is 11.2 Å². The number of aliphatic imine (C=N–C) groups is 1. The van der Waals surface area contributed by atoms with Gasteiger partial charge in [-0.3, -0.25) is 9.67 Å². The summed E-state index contributed by atoms with van der Waals surface area (Å²) in [5, 5.41) is 9.42. The highest BCUT2D eigenvalue weighted by Gasteiger charge is 2.36. The molecule has 1 heterocycles. The summed E-state index contributed by atoms with van der Waals surface area (Å²) in [6.07, 6.45) is -3.21. The number of hydrogen-bond acceptors (Lipinski definition) is 3. The van der Waals surface area contributed by atoms with Gasteiger partial charge in [0.25, 0.3) is 0 Å². The average Bonchev–Trinajstić information content (AvgIpc) is 2.82. The Kier molecular flexibility index (Phi) is 9.20. The lowest BCUT2D eigenvalue weighted by atomic mass is 9.89. The van der Waals surface area contributed by atoms with Crippen molar-refractivity contribution in [2.45, 2.75) is 39.6 Å². The highest BCUT2D eigenvalue weighted by Crippen LogP contribution is 2.30. The smallest absolute Gasteiger partial charge is 0.379 e. The Bertz CT molecular complexity index is 566. The number of halogens is 4. The number of methoxy groups -OCH3 is 1. The molecule has 0 spiro atoms. The van der Waals surface area contributed by atoms with Gasteiger partial charge < -0.3 is 15.4 Å². The summed E-state index contributed by atoms with van der Waals surface area (Å²) in [5.74, 6) is 0.401. The molecule has 6 nitrogen and oxygen atoms in total. The standard InChI is InChI=1S/C15H26F3N5O.HI/c1-14(2,3)11(24-6)8-21-13(19-4)20-7-10-9-23(5)22-12(10)15(16,17)18;/h9,11H,7-8H2,1-6H3,(H2,19,20,21);1H. The van der Waals surface area contributed by atoms with E-state index >= 15 is 0 Å². The number of ether oxygens (including phenoxy) is 1. The predicted octanol–water partition coefficient (Wildman–Crippen LogP) is 2.78. The summed E-state index contributed by atoms with van der Waals surface area (Å²) in [4.78, 5) is 4.02. The number of rotatable bonds is 5. The Labute approximate surface area is 163 Å². The normalized spacial score (nSPS) is 14.0. The molecule has 0 saturated heterocycles. The first-order chi connectivity index (χ1) is 11.0. The van der Waals surface area contributed by atoms with E-state index in [1.54, 1.807) is 14.2 Å². The zero-order chi connectivity index (χ0) is 18.5. The Morgan fingerprint density at radius 2 is 1.92 bits per heavy atom. The van der Waals surface area contributed by atoms with E-state index in [-0.39, 0.29) is 47.6 Å². The number of guanidine groups is 1. The molecule has 0 amide bonds. The zero-order valence-electron chi connectivity index (χ0n) is 15.4. The van der Waals surface area contributed by atoms with Gasteiger partial charge in [0.1, 0.15) is 0 Å². The fourth-order valence-electron chi connectivity index (χ4n) is 2.24. The van der Waals surface area contributed by atoms with Crippen molar-refractivity contribution >= 4 is 29.9 Å². The first-order valence-corrected chi connectivity index (χ1v) is 7.56. The van der Waals surface area contributed by atoms with Crippen molar-refractivity contribution < 1.29 is 17.9 Å². The van der Waals surface area contributed by atoms with Gasteiger partial charge in [-0.05, 0) is 5.41 Å². The van der Waals surface area contributed by atoms with Crippen molar-refractivity contribution in [1.82, 2.24) is 20.4 Å². The Balaban J connectivity index is 0.00000576. The van der Waals surface area contributed by atoms with Gasteiger partial charge in [0.15, 0.2) is 11.7 Å². The largest absolute Gasteiger partial charge is 0.435 e. The maximum absolute atomic E-state index is 12.9. The van der Waals surface area contributed by atoms with Crippen molar-refractivity contribution in [3.05, 3.63) is 17.5 Å². The number of nitrogens with zero attached hydrogens (tertiary/aromatic N) is 3. The van der Waals surface area contributed by atoms with Crippen molar-refractivity contribution in [3.63, 3.8) is 0 Å². The van der Waals surface area contributed by atoms with E-state index in [9.17, 15) is 13.2 Å². The third kappa shape index (κ3) is 7.38. The number of hydrogen-bond donors (Lipinski definition) is 2. The number of nitrogens with one attached hydrogen (secondary N) is 2. The summed E-state index contributed by atoms with van der Waals surface area (Å²) >= 11 is 0. The molecule has 0 aliphatic heterocycles. The van der Waals surface area contributed by atoms with Crippen LogP contribution in [0.2, 0.25) is 0 Å². The summed E-state index contributed by atoms with van der Waals surface area (Å²) in [6.45, 7) is 6.59. The molecule has 1 rings (SSSR count). The van der Waals surface area contributed by atoms with Crippen molar-refractivity contribution in [1.29, 1.82) is 0 Å². The number of alkyl halides is 3. The minimum absolute atomic E-state index is 0. The molecule has 1 unspecified atom stereocenters. The van der Waals surface area contributed by atoms with Crippen LogP contribution in [0.4, 0.5) is 13.2 Å². The van der Waals surface area contributed by atoms with E-state index in [2.05, 4.69) is 20.7 Å². The molecule has 0 aliphatic carbocycles. The first-order valence-electron chi connectivity index (χ1n) is 7.56. The van der Waals surface area contributed by atoms with Gasteiger partial charge in [-0.15, -0.1) is 24.0 Å². The molecule has 2 N–H and O–H groups in total. The van der Waals surface area contributed by atoms with Crippen LogP contribution in [0.1, 0.15) is 32.0 Å². The molecule has 10 heteroatoms. The maximum Gasteiger partial charge on any atom is 0.435 e. The molecule has 1 aromatic rings. The molecule has 1 aromatic heterocycles. The second kappa shape index (κ2) is 9.60. The van der Waals surface area contributed by atoms with E-state index in [1.807, 2.05) is 20.8 Å². The lowest BCUT2D eigenvalue weighted by Gasteiger charge is -2.30. The fourth-order valence-corrected chi connectivity index (χ4v) is 2.24. The van der Waals surface area contributed by atoms with E-state index in [0.29, 0.717) is 12.5 Å². The van der Waals surface area contributed by atoms with Crippen LogP contribution in [-0.4, -0.2) is 42.5 Å². The second-order valence-corrected chi connectivity index (χ2v) is 6.57. The van der Waals surface area contributed by atoms with Crippen molar-refractivity contribution in [3.8, 4) is 0 Å². The maximum atomic E-state index is 12.9. The van der Waals surface area contributed by atoms with Crippen LogP contribution < -0.4 is 10.6 Å². The van der Waals surface area contributed by atoms with Crippen LogP contribution in [0.25, 0.3) is 0 Å². The Hall–Kier alpha value is -1.04. The quantitative estimate of drug-likeness (QED) is 0.389.